The fourth-order valence-electron chi connectivity index (χ4n) is 9.62. The van der Waals surface area contributed by atoms with Gasteiger partial charge in [0.05, 0.1) is 0 Å². The molecule has 374 valence electrons. The number of aromatic nitrogens is 1. The molecule has 0 aliphatic heterocycles. The standard InChI is InChI=1S/C69H87NO/c1-12-19-23-53-28-33-58(34-29-53)62-45-67(52(11)41-61(51(10)18-7)32-27-49(8)16-5)70(68(46-62)63-43-55(25-21-14-3)42-56(44-63)26-22-15-4)64-47-65(59-35-30-54(31-36-59)24-20-13-2)69(71)66(48-64)60-39-37-57(38-40-60)50(9)17-6/h27-51H,11-26H2,1-10H3/p+1/b32-27+,61-41+. The maximum Gasteiger partial charge on any atom is 0.219 e. The first-order valence-electron chi connectivity index (χ1n) is 27.9. The van der Waals surface area contributed by atoms with Gasteiger partial charge in [-0.25, -0.2) is 0 Å². The van der Waals surface area contributed by atoms with Crippen LogP contribution in [0.15, 0.2) is 146 Å². The maximum atomic E-state index is 12.7. The van der Waals surface area contributed by atoms with Gasteiger partial charge in [-0.05, 0) is 156 Å². The Morgan fingerprint density at radius 1 is 0.521 bits per heavy atom. The molecule has 71 heavy (non-hydrogen) atoms. The second-order valence-electron chi connectivity index (χ2n) is 20.7. The van der Waals surface area contributed by atoms with E-state index in [-0.39, 0.29) is 0 Å². The molecule has 5 aromatic carbocycles. The number of phenols is 1. The number of benzene rings is 5. The van der Waals surface area contributed by atoms with Crippen molar-refractivity contribution >= 4 is 5.57 Å². The summed E-state index contributed by atoms with van der Waals surface area (Å²) in [5, 5.41) is 12.7. The highest BCUT2D eigenvalue weighted by molar-refractivity contribution is 5.85. The third-order valence-electron chi connectivity index (χ3n) is 15.1. The van der Waals surface area contributed by atoms with Crippen LogP contribution in [0.25, 0.3) is 55.9 Å². The Balaban J connectivity index is 1.77. The van der Waals surface area contributed by atoms with Crippen molar-refractivity contribution in [2.45, 2.75) is 171 Å². The summed E-state index contributed by atoms with van der Waals surface area (Å²) in [6.07, 6.45) is 23.8. The predicted molar refractivity (Wildman–Crippen MR) is 310 cm³/mol. The largest absolute Gasteiger partial charge is 0.507 e. The van der Waals surface area contributed by atoms with Gasteiger partial charge in [0.2, 0.25) is 17.1 Å². The first-order valence-corrected chi connectivity index (χ1v) is 27.9. The summed E-state index contributed by atoms with van der Waals surface area (Å²) in [4.78, 5) is 0. The number of aryl methyl sites for hydroxylation is 4. The fraction of sp³-hybridized carbons (Fsp3) is 0.406. The van der Waals surface area contributed by atoms with Crippen LogP contribution in [0, 0.1) is 11.8 Å². The molecule has 1 aromatic heterocycles. The Morgan fingerprint density at radius 2 is 1.01 bits per heavy atom. The monoisotopic (exact) mass is 947 g/mol. The zero-order valence-corrected chi connectivity index (χ0v) is 45.6. The molecule has 0 bridgehead atoms. The summed E-state index contributed by atoms with van der Waals surface area (Å²) in [6.45, 7) is 27.8. The van der Waals surface area contributed by atoms with Crippen LogP contribution in [-0.2, 0) is 25.7 Å². The predicted octanol–water partition coefficient (Wildman–Crippen LogP) is 19.8. The number of hydrogen-bond acceptors (Lipinski definition) is 1. The van der Waals surface area contributed by atoms with E-state index < -0.39 is 0 Å². The summed E-state index contributed by atoms with van der Waals surface area (Å²) >= 11 is 0. The number of pyridine rings is 1. The van der Waals surface area contributed by atoms with Crippen molar-refractivity contribution in [3.8, 4) is 56.1 Å². The van der Waals surface area contributed by atoms with Crippen molar-refractivity contribution in [1.82, 2.24) is 0 Å². The lowest BCUT2D eigenvalue weighted by molar-refractivity contribution is -0.586. The van der Waals surface area contributed by atoms with E-state index in [2.05, 4.69) is 207 Å². The van der Waals surface area contributed by atoms with Crippen molar-refractivity contribution in [1.29, 1.82) is 0 Å². The molecule has 2 nitrogen and oxygen atoms in total. The molecule has 2 heteroatoms. The molecule has 0 fully saturated rings. The highest BCUT2D eigenvalue weighted by atomic mass is 16.3. The number of aromatic hydroxyl groups is 1. The van der Waals surface area contributed by atoms with Gasteiger partial charge in [-0.2, -0.15) is 4.57 Å². The van der Waals surface area contributed by atoms with E-state index in [1.807, 2.05) is 0 Å². The zero-order valence-electron chi connectivity index (χ0n) is 45.6. The average Bonchev–Trinajstić information content (AvgIpc) is 3.41. The summed E-state index contributed by atoms with van der Waals surface area (Å²) in [5.41, 5.74) is 19.4. The van der Waals surface area contributed by atoms with E-state index in [1.165, 1.54) is 62.9 Å². The number of phenolic OH excluding ortho intramolecular Hbond substituents is 1. The topological polar surface area (TPSA) is 24.1 Å². The number of nitrogens with zero attached hydrogens (tertiary/aromatic N) is 1. The molecule has 6 rings (SSSR count). The molecule has 0 saturated carbocycles. The number of hydrogen-bond donors (Lipinski definition) is 1. The van der Waals surface area contributed by atoms with Gasteiger partial charge in [0.15, 0.2) is 0 Å². The molecule has 0 spiro atoms. The van der Waals surface area contributed by atoms with Crippen LogP contribution in [0.2, 0.25) is 0 Å². The Hall–Kier alpha value is -5.73. The van der Waals surface area contributed by atoms with Gasteiger partial charge < -0.3 is 5.11 Å². The Morgan fingerprint density at radius 3 is 1.49 bits per heavy atom. The average molecular weight is 947 g/mol. The minimum Gasteiger partial charge on any atom is -0.507 e. The number of rotatable bonds is 26. The summed E-state index contributed by atoms with van der Waals surface area (Å²) < 4.78 is 2.47. The molecular formula is C69H88NO+. The van der Waals surface area contributed by atoms with Gasteiger partial charge in [-0.15, -0.1) is 0 Å². The SMILES string of the molecule is C=C(/C=C(\C=C\C(C)CC)C(C)CC)c1cc(-c2ccc(CCCC)cc2)cc(-c2cc(CCCC)cc(CCCC)c2)[n+]1-c1cc(-c2ccc(CCCC)cc2)c(O)c(-c2ccc(C(C)CC)cc2)c1. The van der Waals surface area contributed by atoms with E-state index in [4.69, 9.17) is 6.58 Å². The highest BCUT2D eigenvalue weighted by Gasteiger charge is 2.29. The lowest BCUT2D eigenvalue weighted by Gasteiger charge is -2.18. The second-order valence-corrected chi connectivity index (χ2v) is 20.7. The molecule has 3 atom stereocenters. The molecule has 0 saturated heterocycles. The van der Waals surface area contributed by atoms with Crippen molar-refractivity contribution in [3.63, 3.8) is 0 Å². The van der Waals surface area contributed by atoms with Crippen molar-refractivity contribution in [2.75, 3.05) is 0 Å². The van der Waals surface area contributed by atoms with Crippen LogP contribution in [0.4, 0.5) is 0 Å². The Kier molecular flexibility index (Phi) is 20.9. The third kappa shape index (κ3) is 14.5. The van der Waals surface area contributed by atoms with E-state index >= 15 is 0 Å². The quantitative estimate of drug-likeness (QED) is 0.0425. The first kappa shape index (κ1) is 54.6. The van der Waals surface area contributed by atoms with Gasteiger partial charge in [0.25, 0.3) is 0 Å². The van der Waals surface area contributed by atoms with Crippen LogP contribution in [0.3, 0.4) is 0 Å². The van der Waals surface area contributed by atoms with Gasteiger partial charge in [0, 0.05) is 46.5 Å². The zero-order chi connectivity index (χ0) is 50.9. The van der Waals surface area contributed by atoms with Gasteiger partial charge in [-0.3, -0.25) is 0 Å². The lowest BCUT2D eigenvalue weighted by Crippen LogP contribution is -2.38. The molecule has 1 heterocycles. The van der Waals surface area contributed by atoms with E-state index in [9.17, 15) is 5.11 Å². The van der Waals surface area contributed by atoms with Crippen molar-refractivity contribution in [3.05, 3.63) is 179 Å². The molecule has 0 amide bonds. The van der Waals surface area contributed by atoms with Crippen molar-refractivity contribution < 1.29 is 9.67 Å². The summed E-state index contributed by atoms with van der Waals surface area (Å²) in [7, 11) is 0. The number of unbranched alkanes of at least 4 members (excludes halogenated alkanes) is 4. The molecule has 6 aromatic rings. The number of allylic oxidation sites excluding steroid dienone is 5. The fourth-order valence-corrected chi connectivity index (χ4v) is 9.62. The highest BCUT2D eigenvalue weighted by Crippen LogP contribution is 2.42. The molecule has 1 N–H and O–H groups in total. The molecular weight excluding hydrogens is 859 g/mol. The Bertz CT molecular complexity index is 2670. The first-order chi connectivity index (χ1) is 34.4. The van der Waals surface area contributed by atoms with E-state index in [0.717, 1.165) is 128 Å². The second kappa shape index (κ2) is 27.2. The normalized spacial score (nSPS) is 13.2. The van der Waals surface area contributed by atoms with Crippen LogP contribution in [0.1, 0.15) is 179 Å². The minimum absolute atomic E-state index is 0.297. The Labute approximate surface area is 431 Å². The molecule has 0 aliphatic carbocycles. The van der Waals surface area contributed by atoms with Crippen LogP contribution >= 0.6 is 0 Å². The third-order valence-corrected chi connectivity index (χ3v) is 15.1. The smallest absolute Gasteiger partial charge is 0.219 e. The van der Waals surface area contributed by atoms with Gasteiger partial charge in [0.1, 0.15) is 5.75 Å². The van der Waals surface area contributed by atoms with Gasteiger partial charge in [-0.1, -0.05) is 199 Å². The van der Waals surface area contributed by atoms with Crippen LogP contribution < -0.4 is 4.57 Å². The molecule has 3 unspecified atom stereocenters. The van der Waals surface area contributed by atoms with E-state index in [1.54, 1.807) is 0 Å². The lowest BCUT2D eigenvalue weighted by atomic mass is 9.91. The molecule has 0 radical (unpaired) electrons. The van der Waals surface area contributed by atoms with Crippen LogP contribution in [0.5, 0.6) is 5.75 Å². The minimum atomic E-state index is 0.297. The van der Waals surface area contributed by atoms with Gasteiger partial charge >= 0.3 is 0 Å². The van der Waals surface area contributed by atoms with E-state index in [0.29, 0.717) is 23.5 Å². The van der Waals surface area contributed by atoms with Crippen LogP contribution in [-0.4, -0.2) is 5.11 Å². The molecule has 0 aliphatic rings. The summed E-state index contributed by atoms with van der Waals surface area (Å²) in [6, 6.07) is 43.8. The van der Waals surface area contributed by atoms with Crippen molar-refractivity contribution in [2.24, 2.45) is 11.8 Å². The maximum absolute atomic E-state index is 12.7. The summed E-state index contributed by atoms with van der Waals surface area (Å²) in [5.74, 6) is 1.57.